The van der Waals surface area contributed by atoms with Crippen molar-refractivity contribution >= 4 is 17.5 Å². The number of rotatable bonds is 4. The maximum atomic E-state index is 11.0. The standard InChI is InChI=1S/C10H15N5O/c1-2-12-8-5-11-6-9(15-8)14-7-3-10(16)13-4-7/h5-7H,2-4H2,1H3,(H,13,16)(H2,12,14,15). The average Bonchev–Trinajstić information content (AvgIpc) is 2.65. The van der Waals surface area contributed by atoms with E-state index in [4.69, 9.17) is 0 Å². The van der Waals surface area contributed by atoms with Crippen molar-refractivity contribution < 1.29 is 4.79 Å². The van der Waals surface area contributed by atoms with Gasteiger partial charge in [0.2, 0.25) is 5.91 Å². The van der Waals surface area contributed by atoms with E-state index < -0.39 is 0 Å². The number of carbonyl (C=O) groups is 1. The number of hydrogen-bond acceptors (Lipinski definition) is 5. The lowest BCUT2D eigenvalue weighted by Gasteiger charge is -2.11. The minimum Gasteiger partial charge on any atom is -0.369 e. The third-order valence-corrected chi connectivity index (χ3v) is 2.32. The first-order chi connectivity index (χ1) is 7.78. The monoisotopic (exact) mass is 221 g/mol. The Morgan fingerprint density at radius 3 is 3.00 bits per heavy atom. The van der Waals surface area contributed by atoms with Crippen LogP contribution < -0.4 is 16.0 Å². The Balaban J connectivity index is 1.98. The molecular weight excluding hydrogens is 206 g/mol. The molecule has 1 saturated heterocycles. The maximum Gasteiger partial charge on any atom is 0.222 e. The van der Waals surface area contributed by atoms with E-state index in [-0.39, 0.29) is 11.9 Å². The zero-order valence-corrected chi connectivity index (χ0v) is 9.16. The first kappa shape index (κ1) is 10.7. The topological polar surface area (TPSA) is 78.9 Å². The lowest BCUT2D eigenvalue weighted by molar-refractivity contribution is -0.119. The van der Waals surface area contributed by atoms with Gasteiger partial charge in [-0.2, -0.15) is 0 Å². The molecule has 0 radical (unpaired) electrons. The highest BCUT2D eigenvalue weighted by Gasteiger charge is 2.21. The number of nitrogens with zero attached hydrogens (tertiary/aromatic N) is 2. The predicted molar refractivity (Wildman–Crippen MR) is 61.2 cm³/mol. The van der Waals surface area contributed by atoms with Crippen LogP contribution in [0.5, 0.6) is 0 Å². The van der Waals surface area contributed by atoms with E-state index in [0.29, 0.717) is 18.8 Å². The summed E-state index contributed by atoms with van der Waals surface area (Å²) in [5, 5.41) is 9.02. The van der Waals surface area contributed by atoms with Crippen molar-refractivity contribution in [1.82, 2.24) is 15.3 Å². The van der Waals surface area contributed by atoms with Crippen molar-refractivity contribution in [2.45, 2.75) is 19.4 Å². The third-order valence-electron chi connectivity index (χ3n) is 2.32. The molecule has 1 fully saturated rings. The maximum absolute atomic E-state index is 11.0. The summed E-state index contributed by atoms with van der Waals surface area (Å²) in [5.41, 5.74) is 0. The van der Waals surface area contributed by atoms with Crippen molar-refractivity contribution in [2.75, 3.05) is 23.7 Å². The minimum absolute atomic E-state index is 0.0771. The normalized spacial score (nSPS) is 19.3. The SMILES string of the molecule is CCNc1cncc(NC2CNC(=O)C2)n1. The summed E-state index contributed by atoms with van der Waals surface area (Å²) in [6, 6.07) is 0.110. The molecule has 1 aromatic heterocycles. The van der Waals surface area contributed by atoms with E-state index in [2.05, 4.69) is 25.9 Å². The zero-order valence-electron chi connectivity index (χ0n) is 9.16. The van der Waals surface area contributed by atoms with Crippen LogP contribution in [0.2, 0.25) is 0 Å². The van der Waals surface area contributed by atoms with Crippen LogP contribution >= 0.6 is 0 Å². The highest BCUT2D eigenvalue weighted by atomic mass is 16.1. The van der Waals surface area contributed by atoms with Gasteiger partial charge in [0, 0.05) is 19.5 Å². The van der Waals surface area contributed by atoms with Gasteiger partial charge in [0.05, 0.1) is 18.4 Å². The molecule has 2 heterocycles. The van der Waals surface area contributed by atoms with E-state index in [9.17, 15) is 4.79 Å². The molecule has 16 heavy (non-hydrogen) atoms. The van der Waals surface area contributed by atoms with Gasteiger partial charge in [-0.1, -0.05) is 0 Å². The zero-order chi connectivity index (χ0) is 11.4. The van der Waals surface area contributed by atoms with Gasteiger partial charge in [0.15, 0.2) is 0 Å². The summed E-state index contributed by atoms with van der Waals surface area (Å²) in [5.74, 6) is 1.51. The fraction of sp³-hybridized carbons (Fsp3) is 0.500. The molecule has 1 atom stereocenters. The number of amides is 1. The van der Waals surface area contributed by atoms with Gasteiger partial charge < -0.3 is 16.0 Å². The molecule has 3 N–H and O–H groups in total. The molecular formula is C10H15N5O. The van der Waals surface area contributed by atoms with Crippen molar-refractivity contribution in [3.05, 3.63) is 12.4 Å². The Labute approximate surface area is 93.9 Å². The number of aromatic nitrogens is 2. The second-order valence-electron chi connectivity index (χ2n) is 3.67. The lowest BCUT2D eigenvalue weighted by Crippen LogP contribution is -2.23. The highest BCUT2D eigenvalue weighted by Crippen LogP contribution is 2.10. The molecule has 0 saturated carbocycles. The fourth-order valence-corrected chi connectivity index (χ4v) is 1.62. The second kappa shape index (κ2) is 4.78. The van der Waals surface area contributed by atoms with Crippen LogP contribution in [0.15, 0.2) is 12.4 Å². The largest absolute Gasteiger partial charge is 0.369 e. The molecule has 86 valence electrons. The Bertz CT molecular complexity index is 381. The molecule has 2 rings (SSSR count). The van der Waals surface area contributed by atoms with Crippen LogP contribution in [-0.2, 0) is 4.79 Å². The Kier molecular flexibility index (Phi) is 3.19. The second-order valence-corrected chi connectivity index (χ2v) is 3.67. The van der Waals surface area contributed by atoms with Gasteiger partial charge in [-0.3, -0.25) is 9.78 Å². The quantitative estimate of drug-likeness (QED) is 0.677. The van der Waals surface area contributed by atoms with Gasteiger partial charge in [-0.25, -0.2) is 4.98 Å². The molecule has 1 aromatic rings. The summed E-state index contributed by atoms with van der Waals surface area (Å²) in [6.45, 7) is 3.45. The molecule has 6 nitrogen and oxygen atoms in total. The average molecular weight is 221 g/mol. The molecule has 0 aliphatic carbocycles. The van der Waals surface area contributed by atoms with E-state index in [0.717, 1.165) is 12.4 Å². The van der Waals surface area contributed by atoms with Crippen LogP contribution in [0.4, 0.5) is 11.6 Å². The van der Waals surface area contributed by atoms with E-state index in [1.54, 1.807) is 12.4 Å². The van der Waals surface area contributed by atoms with Gasteiger partial charge in [-0.05, 0) is 6.92 Å². The van der Waals surface area contributed by atoms with E-state index >= 15 is 0 Å². The van der Waals surface area contributed by atoms with Gasteiger partial charge in [0.1, 0.15) is 11.6 Å². The number of carbonyl (C=O) groups excluding carboxylic acids is 1. The lowest BCUT2D eigenvalue weighted by atomic mass is 10.2. The van der Waals surface area contributed by atoms with Crippen molar-refractivity contribution in [1.29, 1.82) is 0 Å². The van der Waals surface area contributed by atoms with Crippen LogP contribution in [0, 0.1) is 0 Å². The van der Waals surface area contributed by atoms with Crippen molar-refractivity contribution in [2.24, 2.45) is 0 Å². The van der Waals surface area contributed by atoms with Crippen LogP contribution in [0.25, 0.3) is 0 Å². The number of anilines is 2. The molecule has 1 amide bonds. The number of nitrogens with one attached hydrogen (secondary N) is 3. The van der Waals surface area contributed by atoms with Gasteiger partial charge in [0.25, 0.3) is 0 Å². The molecule has 0 spiro atoms. The molecule has 1 aliphatic heterocycles. The van der Waals surface area contributed by atoms with Crippen molar-refractivity contribution in [3.8, 4) is 0 Å². The fourth-order valence-electron chi connectivity index (χ4n) is 1.62. The number of hydrogen-bond donors (Lipinski definition) is 3. The van der Waals surface area contributed by atoms with E-state index in [1.165, 1.54) is 0 Å². The molecule has 1 unspecified atom stereocenters. The summed E-state index contributed by atoms with van der Waals surface area (Å²) in [6.07, 6.45) is 3.82. The van der Waals surface area contributed by atoms with Gasteiger partial charge in [-0.15, -0.1) is 0 Å². The highest BCUT2D eigenvalue weighted by molar-refractivity contribution is 5.79. The summed E-state index contributed by atoms with van der Waals surface area (Å²) >= 11 is 0. The smallest absolute Gasteiger partial charge is 0.222 e. The molecule has 6 heteroatoms. The molecule has 0 aromatic carbocycles. The summed E-state index contributed by atoms with van der Waals surface area (Å²) in [4.78, 5) is 19.4. The summed E-state index contributed by atoms with van der Waals surface area (Å²) in [7, 11) is 0. The minimum atomic E-state index is 0.0771. The first-order valence-corrected chi connectivity index (χ1v) is 5.37. The molecule has 1 aliphatic rings. The van der Waals surface area contributed by atoms with Gasteiger partial charge >= 0.3 is 0 Å². The van der Waals surface area contributed by atoms with Crippen LogP contribution in [0.3, 0.4) is 0 Å². The van der Waals surface area contributed by atoms with Crippen LogP contribution in [0.1, 0.15) is 13.3 Å². The summed E-state index contributed by atoms with van der Waals surface area (Å²) < 4.78 is 0. The first-order valence-electron chi connectivity index (χ1n) is 5.37. The Morgan fingerprint density at radius 2 is 2.31 bits per heavy atom. The Hall–Kier alpha value is -1.85. The van der Waals surface area contributed by atoms with E-state index in [1.807, 2.05) is 6.92 Å². The molecule has 0 bridgehead atoms. The van der Waals surface area contributed by atoms with Crippen LogP contribution in [-0.4, -0.2) is 35.0 Å². The Morgan fingerprint density at radius 1 is 1.50 bits per heavy atom. The third kappa shape index (κ3) is 2.59. The predicted octanol–water partition coefficient (Wildman–Crippen LogP) is 0.209. The van der Waals surface area contributed by atoms with Crippen molar-refractivity contribution in [3.63, 3.8) is 0 Å².